The van der Waals surface area contributed by atoms with Crippen molar-refractivity contribution >= 4 is 34.3 Å². The fourth-order valence-electron chi connectivity index (χ4n) is 4.51. The number of nitrogens with one attached hydrogen (secondary N) is 1. The number of carbonyl (C=O) groups is 2. The van der Waals surface area contributed by atoms with Crippen molar-refractivity contribution in [2.45, 2.75) is 31.2 Å². The second-order valence-corrected chi connectivity index (χ2v) is 7.58. The molecule has 2 aromatic carbocycles. The van der Waals surface area contributed by atoms with Crippen molar-refractivity contribution in [3.05, 3.63) is 70.1 Å². The lowest BCUT2D eigenvalue weighted by Gasteiger charge is -2.17. The predicted molar refractivity (Wildman–Crippen MR) is 100 cm³/mol. The number of aromatic nitrogens is 1. The number of benzene rings is 2. The van der Waals surface area contributed by atoms with Crippen molar-refractivity contribution in [1.82, 2.24) is 9.88 Å². The van der Waals surface area contributed by atoms with Crippen LogP contribution in [0.5, 0.6) is 0 Å². The van der Waals surface area contributed by atoms with Gasteiger partial charge in [0, 0.05) is 23.2 Å². The van der Waals surface area contributed by atoms with Gasteiger partial charge in [-0.3, -0.25) is 14.9 Å². The highest BCUT2D eigenvalue weighted by molar-refractivity contribution is 6.32. The first-order valence-electron chi connectivity index (χ1n) is 8.95. The molecule has 0 radical (unpaired) electrons. The number of halogens is 2. The molecule has 0 saturated carbocycles. The van der Waals surface area contributed by atoms with Gasteiger partial charge in [0.25, 0.3) is 0 Å². The van der Waals surface area contributed by atoms with Gasteiger partial charge in [-0.15, -0.1) is 0 Å². The third-order valence-electron chi connectivity index (χ3n) is 5.64. The third-order valence-corrected chi connectivity index (χ3v) is 5.96. The van der Waals surface area contributed by atoms with E-state index in [0.717, 1.165) is 35.9 Å². The van der Waals surface area contributed by atoms with Gasteiger partial charge in [0.05, 0.1) is 17.4 Å². The Hall–Kier alpha value is -2.66. The van der Waals surface area contributed by atoms with Crippen LogP contribution in [0.25, 0.3) is 10.9 Å². The normalized spacial score (nSPS) is 21.7. The summed E-state index contributed by atoms with van der Waals surface area (Å²) in [6, 6.07) is 10.0. The van der Waals surface area contributed by atoms with E-state index in [2.05, 4.69) is 16.0 Å². The van der Waals surface area contributed by atoms with Crippen LogP contribution in [0.2, 0.25) is 5.02 Å². The Bertz CT molecular complexity index is 1120. The largest absolute Gasteiger partial charge is 0.347 e. The monoisotopic (exact) mass is 382 g/mol. The summed E-state index contributed by atoms with van der Waals surface area (Å²) in [5.41, 5.74) is 3.68. The quantitative estimate of drug-likeness (QED) is 0.683. The van der Waals surface area contributed by atoms with Crippen molar-refractivity contribution in [3.63, 3.8) is 0 Å². The number of nitrogens with zero attached hydrogens (tertiary/aromatic N) is 1. The number of para-hydroxylation sites is 1. The Kier molecular flexibility index (Phi) is 3.62. The molecule has 6 heteroatoms. The summed E-state index contributed by atoms with van der Waals surface area (Å²) in [7, 11) is 0. The molecule has 2 aliphatic rings. The van der Waals surface area contributed by atoms with Crippen molar-refractivity contribution in [3.8, 4) is 0 Å². The number of imide groups is 1. The Morgan fingerprint density at radius 3 is 2.63 bits per heavy atom. The van der Waals surface area contributed by atoms with Crippen LogP contribution in [0.3, 0.4) is 0 Å². The number of carbonyl (C=O) groups excluding carboxylic acids is 2. The minimum atomic E-state index is -0.769. The van der Waals surface area contributed by atoms with E-state index in [1.54, 1.807) is 0 Å². The molecular formula is C21H16ClFN2O2. The van der Waals surface area contributed by atoms with Gasteiger partial charge in [-0.2, -0.15) is 0 Å². The topological polar surface area (TPSA) is 51.1 Å². The number of aryl methyl sites for hydroxylation is 2. The zero-order valence-electron chi connectivity index (χ0n) is 14.3. The predicted octanol–water partition coefficient (Wildman–Crippen LogP) is 3.90. The van der Waals surface area contributed by atoms with Crippen molar-refractivity contribution < 1.29 is 14.0 Å². The zero-order chi connectivity index (χ0) is 18.7. The Balaban J connectivity index is 1.71. The van der Waals surface area contributed by atoms with E-state index in [1.165, 1.54) is 23.8 Å². The van der Waals surface area contributed by atoms with Gasteiger partial charge < -0.3 is 4.57 Å². The van der Waals surface area contributed by atoms with E-state index in [4.69, 9.17) is 11.6 Å². The number of amides is 2. The van der Waals surface area contributed by atoms with Gasteiger partial charge in [0.2, 0.25) is 11.8 Å². The Morgan fingerprint density at radius 2 is 1.85 bits per heavy atom. The number of rotatable bonds is 2. The lowest BCUT2D eigenvalue weighted by atomic mass is 9.83. The zero-order valence-corrected chi connectivity index (χ0v) is 15.1. The van der Waals surface area contributed by atoms with E-state index < -0.39 is 23.6 Å². The van der Waals surface area contributed by atoms with Gasteiger partial charge in [-0.25, -0.2) is 4.39 Å². The third kappa shape index (κ3) is 2.42. The number of hydrogen-bond acceptors (Lipinski definition) is 2. The average molecular weight is 383 g/mol. The van der Waals surface area contributed by atoms with E-state index in [9.17, 15) is 14.0 Å². The molecule has 2 aliphatic heterocycles. The molecule has 0 unspecified atom stereocenters. The minimum absolute atomic E-state index is 0.156. The standard InChI is InChI=1S/C21H16ClFN2O2/c22-16-9-12(23)6-7-14(16)17-18(21(27)24-20(17)26)15-10-25-8-2-4-11-3-1-5-13(15)19(11)25/h1,3,5-7,9-10,17-18H,2,4,8H2,(H,24,26,27)/t17-,18+/m0/s1. The maximum atomic E-state index is 13.5. The molecule has 2 amide bonds. The lowest BCUT2D eigenvalue weighted by molar-refractivity contribution is -0.125. The molecule has 3 aromatic rings. The van der Waals surface area contributed by atoms with Crippen LogP contribution < -0.4 is 5.32 Å². The van der Waals surface area contributed by atoms with Gasteiger partial charge in [0.15, 0.2) is 0 Å². The smallest absolute Gasteiger partial charge is 0.235 e. The fourth-order valence-corrected chi connectivity index (χ4v) is 4.79. The van der Waals surface area contributed by atoms with E-state index >= 15 is 0 Å². The maximum absolute atomic E-state index is 13.5. The van der Waals surface area contributed by atoms with Crippen LogP contribution in [0.4, 0.5) is 4.39 Å². The summed E-state index contributed by atoms with van der Waals surface area (Å²) in [6.45, 7) is 0.887. The minimum Gasteiger partial charge on any atom is -0.347 e. The van der Waals surface area contributed by atoms with Gasteiger partial charge in [-0.1, -0.05) is 35.9 Å². The highest BCUT2D eigenvalue weighted by atomic mass is 35.5. The summed E-state index contributed by atoms with van der Waals surface area (Å²) in [5, 5.41) is 3.59. The summed E-state index contributed by atoms with van der Waals surface area (Å²) in [4.78, 5) is 25.3. The van der Waals surface area contributed by atoms with E-state index in [0.29, 0.717) is 5.56 Å². The first-order valence-corrected chi connectivity index (χ1v) is 9.32. The first-order chi connectivity index (χ1) is 13.0. The molecule has 3 heterocycles. The SMILES string of the molecule is O=C1NC(=O)[C@@H](c2ccc(F)cc2Cl)[C@H]1c1cn2c3c(cccc13)CCC2. The molecule has 136 valence electrons. The highest BCUT2D eigenvalue weighted by Gasteiger charge is 2.45. The van der Waals surface area contributed by atoms with Crippen LogP contribution in [0.1, 0.15) is 34.9 Å². The Morgan fingerprint density at radius 1 is 1.07 bits per heavy atom. The van der Waals surface area contributed by atoms with Crippen LogP contribution in [0.15, 0.2) is 42.6 Å². The van der Waals surface area contributed by atoms with Crippen LogP contribution in [-0.4, -0.2) is 16.4 Å². The van der Waals surface area contributed by atoms with Crippen LogP contribution in [0, 0.1) is 5.82 Å². The summed E-state index contributed by atoms with van der Waals surface area (Å²) < 4.78 is 15.7. The van der Waals surface area contributed by atoms with E-state index in [1.807, 2.05) is 18.3 Å². The molecule has 27 heavy (non-hydrogen) atoms. The molecule has 1 N–H and O–H groups in total. The van der Waals surface area contributed by atoms with Crippen molar-refractivity contribution in [2.24, 2.45) is 0 Å². The van der Waals surface area contributed by atoms with Crippen molar-refractivity contribution in [1.29, 1.82) is 0 Å². The first kappa shape index (κ1) is 16.5. The molecule has 5 rings (SSSR count). The van der Waals surface area contributed by atoms with Crippen LogP contribution in [-0.2, 0) is 22.6 Å². The van der Waals surface area contributed by atoms with E-state index in [-0.39, 0.29) is 10.9 Å². The molecule has 2 atom stereocenters. The molecule has 4 nitrogen and oxygen atoms in total. The van der Waals surface area contributed by atoms with Gasteiger partial charge >= 0.3 is 0 Å². The molecular weight excluding hydrogens is 367 g/mol. The average Bonchev–Trinajstić information content (AvgIpc) is 3.14. The van der Waals surface area contributed by atoms with Gasteiger partial charge in [-0.05, 0) is 41.7 Å². The Labute approximate surface area is 159 Å². The molecule has 1 saturated heterocycles. The molecule has 1 fully saturated rings. The molecule has 0 spiro atoms. The maximum Gasteiger partial charge on any atom is 0.235 e. The van der Waals surface area contributed by atoms with Crippen LogP contribution >= 0.6 is 11.6 Å². The molecule has 0 bridgehead atoms. The molecule has 0 aliphatic carbocycles. The summed E-state index contributed by atoms with van der Waals surface area (Å²) >= 11 is 6.22. The van der Waals surface area contributed by atoms with Gasteiger partial charge in [0.1, 0.15) is 5.82 Å². The summed E-state index contributed by atoms with van der Waals surface area (Å²) in [5.74, 6) is -2.66. The lowest BCUT2D eigenvalue weighted by Crippen LogP contribution is -2.21. The fraction of sp³-hybridized carbons (Fsp3) is 0.238. The second-order valence-electron chi connectivity index (χ2n) is 7.17. The number of hydrogen-bond donors (Lipinski definition) is 1. The molecule has 1 aromatic heterocycles. The van der Waals surface area contributed by atoms with Crippen molar-refractivity contribution in [2.75, 3.05) is 0 Å². The summed E-state index contributed by atoms with van der Waals surface area (Å²) in [6.07, 6.45) is 4.04. The highest BCUT2D eigenvalue weighted by Crippen LogP contribution is 2.44. The second kappa shape index (κ2) is 5.92.